The predicted molar refractivity (Wildman–Crippen MR) is 70.2 cm³/mol. The van der Waals surface area contributed by atoms with Gasteiger partial charge in [0.1, 0.15) is 5.75 Å². The molecule has 2 atom stereocenters. The van der Waals surface area contributed by atoms with Crippen molar-refractivity contribution in [2.75, 3.05) is 19.6 Å². The van der Waals surface area contributed by atoms with Crippen molar-refractivity contribution in [2.24, 2.45) is 11.7 Å². The average Bonchev–Trinajstić information content (AvgIpc) is 2.91. The van der Waals surface area contributed by atoms with Gasteiger partial charge in [-0.2, -0.15) is 0 Å². The first kappa shape index (κ1) is 14.7. The summed E-state index contributed by atoms with van der Waals surface area (Å²) in [4.78, 5) is 13.9. The summed E-state index contributed by atoms with van der Waals surface area (Å²) >= 11 is 0. The van der Waals surface area contributed by atoms with Crippen LogP contribution >= 0.6 is 0 Å². The molecule has 110 valence electrons. The van der Waals surface area contributed by atoms with Crippen LogP contribution in [0.15, 0.2) is 18.2 Å². The number of halogens is 2. The molecule has 4 nitrogen and oxygen atoms in total. The largest absolute Gasteiger partial charge is 0.481 e. The number of carbonyl (C=O) groups is 1. The minimum absolute atomic E-state index is 0.138. The summed E-state index contributed by atoms with van der Waals surface area (Å²) in [5.41, 5.74) is 5.58. The topological polar surface area (TPSA) is 55.6 Å². The maximum atomic E-state index is 13.1. The van der Waals surface area contributed by atoms with Crippen molar-refractivity contribution < 1.29 is 18.3 Å². The summed E-state index contributed by atoms with van der Waals surface area (Å²) in [5, 5.41) is 0. The number of amides is 1. The van der Waals surface area contributed by atoms with Gasteiger partial charge in [0.15, 0.2) is 17.7 Å². The van der Waals surface area contributed by atoms with Gasteiger partial charge in [-0.05, 0) is 37.9 Å². The number of ether oxygens (including phenoxy) is 1. The lowest BCUT2D eigenvalue weighted by atomic mass is 10.1. The SMILES string of the molecule is C[C@H](Oc1ccc(F)c(F)c1)C(=O)N1CC[C@H](CN)C1. The Morgan fingerprint density at radius 2 is 2.25 bits per heavy atom. The molecule has 1 aliphatic heterocycles. The minimum Gasteiger partial charge on any atom is -0.481 e. The molecule has 1 aliphatic rings. The summed E-state index contributed by atoms with van der Waals surface area (Å²) in [6.45, 7) is 3.44. The van der Waals surface area contributed by atoms with E-state index in [9.17, 15) is 13.6 Å². The molecule has 0 aromatic heterocycles. The van der Waals surface area contributed by atoms with Crippen molar-refractivity contribution in [2.45, 2.75) is 19.4 Å². The fraction of sp³-hybridized carbons (Fsp3) is 0.500. The van der Waals surface area contributed by atoms with Crippen LogP contribution in [-0.4, -0.2) is 36.5 Å². The Kier molecular flexibility index (Phi) is 4.54. The van der Waals surface area contributed by atoms with Gasteiger partial charge >= 0.3 is 0 Å². The quantitative estimate of drug-likeness (QED) is 0.912. The minimum atomic E-state index is -0.994. The summed E-state index contributed by atoms with van der Waals surface area (Å²) < 4.78 is 31.2. The highest BCUT2D eigenvalue weighted by Crippen LogP contribution is 2.20. The highest BCUT2D eigenvalue weighted by Gasteiger charge is 2.29. The second kappa shape index (κ2) is 6.17. The van der Waals surface area contributed by atoms with E-state index in [-0.39, 0.29) is 11.7 Å². The molecule has 1 amide bonds. The average molecular weight is 284 g/mol. The van der Waals surface area contributed by atoms with E-state index in [0.29, 0.717) is 25.6 Å². The third-order valence-corrected chi connectivity index (χ3v) is 3.48. The Hall–Kier alpha value is -1.69. The van der Waals surface area contributed by atoms with E-state index in [2.05, 4.69) is 0 Å². The third kappa shape index (κ3) is 3.25. The molecule has 0 radical (unpaired) electrons. The third-order valence-electron chi connectivity index (χ3n) is 3.48. The van der Waals surface area contributed by atoms with Gasteiger partial charge in [0.05, 0.1) is 0 Å². The van der Waals surface area contributed by atoms with Crippen LogP contribution in [0.2, 0.25) is 0 Å². The molecule has 0 spiro atoms. The van der Waals surface area contributed by atoms with Crippen molar-refractivity contribution in [3.8, 4) is 5.75 Å². The first-order valence-corrected chi connectivity index (χ1v) is 6.62. The lowest BCUT2D eigenvalue weighted by Gasteiger charge is -2.21. The van der Waals surface area contributed by atoms with Crippen LogP contribution in [0.5, 0.6) is 5.75 Å². The zero-order valence-corrected chi connectivity index (χ0v) is 11.3. The number of hydrogen-bond donors (Lipinski definition) is 1. The van der Waals surface area contributed by atoms with Crippen LogP contribution in [-0.2, 0) is 4.79 Å². The smallest absolute Gasteiger partial charge is 0.263 e. The van der Waals surface area contributed by atoms with Crippen LogP contribution < -0.4 is 10.5 Å². The molecule has 1 heterocycles. The second-order valence-electron chi connectivity index (χ2n) is 5.01. The van der Waals surface area contributed by atoms with Crippen LogP contribution in [0.3, 0.4) is 0 Å². The summed E-state index contributed by atoms with van der Waals surface area (Å²) in [5.74, 6) is -1.63. The first-order chi connectivity index (χ1) is 9.51. The van der Waals surface area contributed by atoms with Gasteiger partial charge in [-0.1, -0.05) is 0 Å². The van der Waals surface area contributed by atoms with Gasteiger partial charge < -0.3 is 15.4 Å². The molecular formula is C14H18F2N2O2. The number of carbonyl (C=O) groups excluding carboxylic acids is 1. The van der Waals surface area contributed by atoms with Crippen LogP contribution in [0.25, 0.3) is 0 Å². The number of nitrogens with two attached hydrogens (primary N) is 1. The van der Waals surface area contributed by atoms with Gasteiger partial charge in [-0.3, -0.25) is 4.79 Å². The second-order valence-corrected chi connectivity index (χ2v) is 5.01. The van der Waals surface area contributed by atoms with E-state index in [0.717, 1.165) is 18.6 Å². The molecule has 0 saturated carbocycles. The van der Waals surface area contributed by atoms with Gasteiger partial charge in [0.2, 0.25) is 0 Å². The van der Waals surface area contributed by atoms with Gasteiger partial charge in [0, 0.05) is 19.2 Å². The van der Waals surface area contributed by atoms with E-state index in [4.69, 9.17) is 10.5 Å². The normalized spacial score (nSPS) is 20.0. The Morgan fingerprint density at radius 1 is 1.50 bits per heavy atom. The molecule has 2 N–H and O–H groups in total. The van der Waals surface area contributed by atoms with E-state index >= 15 is 0 Å². The Morgan fingerprint density at radius 3 is 2.85 bits per heavy atom. The Balaban J connectivity index is 1.95. The highest BCUT2D eigenvalue weighted by molar-refractivity contribution is 5.81. The fourth-order valence-electron chi connectivity index (χ4n) is 2.29. The molecule has 0 bridgehead atoms. The zero-order chi connectivity index (χ0) is 14.7. The molecule has 1 aromatic rings. The predicted octanol–water partition coefficient (Wildman–Crippen LogP) is 1.54. The van der Waals surface area contributed by atoms with Gasteiger partial charge in [0.25, 0.3) is 5.91 Å². The maximum absolute atomic E-state index is 13.1. The van der Waals surface area contributed by atoms with Crippen LogP contribution in [0.1, 0.15) is 13.3 Å². The van der Waals surface area contributed by atoms with E-state index in [1.807, 2.05) is 0 Å². The summed E-state index contributed by atoms with van der Waals surface area (Å²) in [6, 6.07) is 3.21. The fourth-order valence-corrected chi connectivity index (χ4v) is 2.29. The standard InChI is InChI=1S/C14H18F2N2O2/c1-9(14(19)18-5-4-10(7-17)8-18)20-11-2-3-12(15)13(16)6-11/h2-3,6,9-10H,4-5,7-8,17H2,1H3/t9-,10+/m0/s1. The Labute approximate surface area is 116 Å². The van der Waals surface area contributed by atoms with Crippen LogP contribution in [0.4, 0.5) is 8.78 Å². The lowest BCUT2D eigenvalue weighted by Crippen LogP contribution is -2.39. The number of likely N-dealkylation sites (tertiary alicyclic amines) is 1. The van der Waals surface area contributed by atoms with Gasteiger partial charge in [-0.15, -0.1) is 0 Å². The molecule has 0 aliphatic carbocycles. The maximum Gasteiger partial charge on any atom is 0.263 e. The molecule has 2 rings (SSSR count). The van der Waals surface area contributed by atoms with E-state index in [1.165, 1.54) is 6.07 Å². The molecule has 1 fully saturated rings. The van der Waals surface area contributed by atoms with Gasteiger partial charge in [-0.25, -0.2) is 8.78 Å². The summed E-state index contributed by atoms with van der Waals surface area (Å²) in [7, 11) is 0. The number of hydrogen-bond acceptors (Lipinski definition) is 3. The number of benzene rings is 1. The molecule has 1 aromatic carbocycles. The Bertz CT molecular complexity index is 496. The molecule has 0 unspecified atom stereocenters. The number of rotatable bonds is 4. The molecule has 6 heteroatoms. The van der Waals surface area contributed by atoms with E-state index < -0.39 is 17.7 Å². The first-order valence-electron chi connectivity index (χ1n) is 6.62. The van der Waals surface area contributed by atoms with Crippen molar-refractivity contribution >= 4 is 5.91 Å². The van der Waals surface area contributed by atoms with Crippen LogP contribution in [0, 0.1) is 17.6 Å². The molecular weight excluding hydrogens is 266 g/mol. The monoisotopic (exact) mass is 284 g/mol. The van der Waals surface area contributed by atoms with E-state index in [1.54, 1.807) is 11.8 Å². The molecule has 1 saturated heterocycles. The number of nitrogens with zero attached hydrogens (tertiary/aromatic N) is 1. The van der Waals surface area contributed by atoms with Crippen molar-refractivity contribution in [3.05, 3.63) is 29.8 Å². The molecule has 20 heavy (non-hydrogen) atoms. The van der Waals surface area contributed by atoms with Crippen molar-refractivity contribution in [1.29, 1.82) is 0 Å². The lowest BCUT2D eigenvalue weighted by molar-refractivity contribution is -0.137. The van der Waals surface area contributed by atoms with Crippen molar-refractivity contribution in [3.63, 3.8) is 0 Å². The zero-order valence-electron chi connectivity index (χ0n) is 11.3. The summed E-state index contributed by atoms with van der Waals surface area (Å²) in [6.07, 6.45) is 0.150. The van der Waals surface area contributed by atoms with Crippen molar-refractivity contribution in [1.82, 2.24) is 4.90 Å². The highest BCUT2D eigenvalue weighted by atomic mass is 19.2.